The number of aromatic nitrogens is 2. The fraction of sp³-hybridized carbons (Fsp3) is 0.500. The van der Waals surface area contributed by atoms with Gasteiger partial charge in [-0.05, 0) is 68.5 Å². The van der Waals surface area contributed by atoms with Crippen molar-refractivity contribution >= 4 is 17.5 Å². The number of carbonyl (C=O) groups excluding carboxylic acids is 1. The molecule has 148 valence electrons. The van der Waals surface area contributed by atoms with Crippen LogP contribution in [0.15, 0.2) is 30.3 Å². The molecule has 2 aliphatic heterocycles. The number of carbonyl (C=O) groups is 1. The molecule has 1 amide bonds. The second-order valence-electron chi connectivity index (χ2n) is 7.88. The average molecular weight is 380 g/mol. The van der Waals surface area contributed by atoms with E-state index in [-0.39, 0.29) is 5.91 Å². The third-order valence-electron chi connectivity index (χ3n) is 5.96. The first kappa shape index (κ1) is 18.7. The highest BCUT2D eigenvalue weighted by Crippen LogP contribution is 2.20. The second-order valence-corrected chi connectivity index (χ2v) is 7.88. The molecule has 0 atom stereocenters. The molecule has 6 heteroatoms. The molecule has 0 saturated carbocycles. The maximum absolute atomic E-state index is 12.8. The van der Waals surface area contributed by atoms with Crippen molar-refractivity contribution in [2.24, 2.45) is 0 Å². The zero-order valence-corrected chi connectivity index (χ0v) is 16.9. The fourth-order valence-electron chi connectivity index (χ4n) is 3.97. The van der Waals surface area contributed by atoms with Gasteiger partial charge in [-0.1, -0.05) is 6.07 Å². The van der Waals surface area contributed by atoms with Crippen LogP contribution in [0.1, 0.15) is 40.7 Å². The lowest BCUT2D eigenvalue weighted by atomic mass is 10.1. The van der Waals surface area contributed by atoms with E-state index < -0.39 is 0 Å². The first-order valence-electron chi connectivity index (χ1n) is 10.3. The summed E-state index contributed by atoms with van der Waals surface area (Å²) in [6, 6.07) is 10.1. The van der Waals surface area contributed by atoms with Crippen molar-refractivity contribution < 1.29 is 4.79 Å². The zero-order valence-electron chi connectivity index (χ0n) is 16.9. The van der Waals surface area contributed by atoms with Crippen LogP contribution in [-0.4, -0.2) is 60.3 Å². The van der Waals surface area contributed by atoms with Gasteiger partial charge in [-0.2, -0.15) is 0 Å². The smallest absolute Gasteiger partial charge is 0.253 e. The van der Waals surface area contributed by atoms with Gasteiger partial charge in [0.1, 0.15) is 0 Å². The monoisotopic (exact) mass is 379 g/mol. The molecule has 0 N–H and O–H groups in total. The van der Waals surface area contributed by atoms with Crippen LogP contribution in [-0.2, 0) is 0 Å². The van der Waals surface area contributed by atoms with Gasteiger partial charge >= 0.3 is 0 Å². The van der Waals surface area contributed by atoms with Gasteiger partial charge in [-0.3, -0.25) is 4.79 Å². The molecule has 0 bridgehead atoms. The Morgan fingerprint density at radius 2 is 1.36 bits per heavy atom. The lowest BCUT2D eigenvalue weighted by molar-refractivity contribution is 0.0746. The average Bonchev–Trinajstić information content (AvgIpc) is 2.76. The fourth-order valence-corrected chi connectivity index (χ4v) is 3.97. The summed E-state index contributed by atoms with van der Waals surface area (Å²) in [4.78, 5) is 19.3. The predicted molar refractivity (Wildman–Crippen MR) is 112 cm³/mol. The van der Waals surface area contributed by atoms with Gasteiger partial charge in [0.2, 0.25) is 0 Å². The van der Waals surface area contributed by atoms with Gasteiger partial charge in [0.15, 0.2) is 11.6 Å². The molecule has 2 aromatic rings. The summed E-state index contributed by atoms with van der Waals surface area (Å²) in [5.74, 6) is 2.00. The maximum atomic E-state index is 12.8. The van der Waals surface area contributed by atoms with Crippen molar-refractivity contribution in [1.82, 2.24) is 15.1 Å². The highest BCUT2D eigenvalue weighted by Gasteiger charge is 2.23. The minimum Gasteiger partial charge on any atom is -0.355 e. The lowest BCUT2D eigenvalue weighted by Gasteiger charge is -2.35. The van der Waals surface area contributed by atoms with E-state index in [1.54, 1.807) is 0 Å². The molecular weight excluding hydrogens is 350 g/mol. The minimum absolute atomic E-state index is 0.120. The molecule has 1 aromatic carbocycles. The molecule has 4 rings (SSSR count). The second kappa shape index (κ2) is 8.17. The third-order valence-corrected chi connectivity index (χ3v) is 5.96. The van der Waals surface area contributed by atoms with E-state index >= 15 is 0 Å². The number of nitrogens with zero attached hydrogens (tertiary/aromatic N) is 5. The summed E-state index contributed by atoms with van der Waals surface area (Å²) in [5, 5.41) is 8.91. The van der Waals surface area contributed by atoms with Crippen LogP contribution >= 0.6 is 0 Å². The van der Waals surface area contributed by atoms with Crippen molar-refractivity contribution in [1.29, 1.82) is 0 Å². The number of amides is 1. The maximum Gasteiger partial charge on any atom is 0.253 e. The van der Waals surface area contributed by atoms with Crippen molar-refractivity contribution in [3.63, 3.8) is 0 Å². The zero-order chi connectivity index (χ0) is 19.5. The Balaban J connectivity index is 1.35. The summed E-state index contributed by atoms with van der Waals surface area (Å²) in [7, 11) is 0. The van der Waals surface area contributed by atoms with Gasteiger partial charge in [0.25, 0.3) is 5.91 Å². The number of benzene rings is 1. The largest absolute Gasteiger partial charge is 0.355 e. The van der Waals surface area contributed by atoms with E-state index in [0.717, 1.165) is 48.9 Å². The minimum atomic E-state index is 0.120. The number of piperidine rings is 1. The molecule has 6 nitrogen and oxygen atoms in total. The van der Waals surface area contributed by atoms with Crippen molar-refractivity contribution in [2.75, 3.05) is 49.1 Å². The summed E-state index contributed by atoms with van der Waals surface area (Å²) in [6.07, 6.45) is 3.78. The number of piperazine rings is 1. The Morgan fingerprint density at radius 3 is 1.93 bits per heavy atom. The number of rotatable bonds is 3. The molecule has 1 aromatic heterocycles. The Kier molecular flexibility index (Phi) is 5.46. The van der Waals surface area contributed by atoms with E-state index in [1.165, 1.54) is 24.8 Å². The van der Waals surface area contributed by atoms with Crippen LogP contribution in [0.2, 0.25) is 0 Å². The van der Waals surface area contributed by atoms with Crippen LogP contribution in [0, 0.1) is 13.8 Å². The van der Waals surface area contributed by atoms with Gasteiger partial charge in [-0.25, -0.2) is 0 Å². The topological polar surface area (TPSA) is 52.6 Å². The van der Waals surface area contributed by atoms with Crippen LogP contribution in [0.3, 0.4) is 0 Å². The SMILES string of the molecule is Cc1ccc(C(=O)N2CCN(c3ccc(N4CCCCC4)nn3)CC2)cc1C. The Hall–Kier alpha value is -2.63. The van der Waals surface area contributed by atoms with E-state index in [9.17, 15) is 4.79 Å². The first-order valence-corrected chi connectivity index (χ1v) is 10.3. The van der Waals surface area contributed by atoms with E-state index in [1.807, 2.05) is 23.1 Å². The summed E-state index contributed by atoms with van der Waals surface area (Å²) in [5.41, 5.74) is 3.16. The molecule has 2 fully saturated rings. The molecule has 2 aliphatic rings. The summed E-state index contributed by atoms with van der Waals surface area (Å²) >= 11 is 0. The van der Waals surface area contributed by atoms with Gasteiger partial charge < -0.3 is 14.7 Å². The molecule has 28 heavy (non-hydrogen) atoms. The summed E-state index contributed by atoms with van der Waals surface area (Å²) in [6.45, 7) is 9.27. The Bertz CT molecular complexity index is 821. The first-order chi connectivity index (χ1) is 13.6. The van der Waals surface area contributed by atoms with Crippen LogP contribution in [0.5, 0.6) is 0 Å². The molecule has 0 unspecified atom stereocenters. The van der Waals surface area contributed by atoms with Crippen molar-refractivity contribution in [3.05, 3.63) is 47.0 Å². The molecule has 0 radical (unpaired) electrons. The highest BCUT2D eigenvalue weighted by molar-refractivity contribution is 5.94. The Labute approximate surface area is 167 Å². The van der Waals surface area contributed by atoms with Crippen LogP contribution in [0.25, 0.3) is 0 Å². The number of anilines is 2. The number of hydrogen-bond acceptors (Lipinski definition) is 5. The van der Waals surface area contributed by atoms with Gasteiger partial charge in [0.05, 0.1) is 0 Å². The molecule has 0 spiro atoms. The Morgan fingerprint density at radius 1 is 0.750 bits per heavy atom. The molecule has 0 aliphatic carbocycles. The molecule has 2 saturated heterocycles. The van der Waals surface area contributed by atoms with Crippen LogP contribution in [0.4, 0.5) is 11.6 Å². The molecule has 3 heterocycles. The molecular formula is C22H29N5O. The normalized spacial score (nSPS) is 17.7. The highest BCUT2D eigenvalue weighted by atomic mass is 16.2. The van der Waals surface area contributed by atoms with Gasteiger partial charge in [-0.15, -0.1) is 10.2 Å². The quantitative estimate of drug-likeness (QED) is 0.820. The van der Waals surface area contributed by atoms with Gasteiger partial charge in [0, 0.05) is 44.8 Å². The van der Waals surface area contributed by atoms with Crippen LogP contribution < -0.4 is 9.80 Å². The van der Waals surface area contributed by atoms with E-state index in [4.69, 9.17) is 0 Å². The predicted octanol–water partition coefficient (Wildman–Crippen LogP) is 3.05. The lowest BCUT2D eigenvalue weighted by Crippen LogP contribution is -2.49. The summed E-state index contributed by atoms with van der Waals surface area (Å²) < 4.78 is 0. The van der Waals surface area contributed by atoms with Crippen molar-refractivity contribution in [2.45, 2.75) is 33.1 Å². The third kappa shape index (κ3) is 3.96. The standard InChI is InChI=1S/C22H29N5O/c1-17-6-7-19(16-18(17)2)22(28)27-14-12-26(13-15-27)21-9-8-20(23-24-21)25-10-4-3-5-11-25/h6-9,16H,3-5,10-15H2,1-2H3. The van der Waals surface area contributed by atoms with Crippen molar-refractivity contribution in [3.8, 4) is 0 Å². The number of aryl methyl sites for hydroxylation is 2. The number of hydrogen-bond donors (Lipinski definition) is 0. The van der Waals surface area contributed by atoms with E-state index in [2.05, 4.69) is 46.0 Å². The van der Waals surface area contributed by atoms with E-state index in [0.29, 0.717) is 13.1 Å².